The fraction of sp³-hybridized carbons (Fsp3) is 0.533. The Morgan fingerprint density at radius 3 is 2.63 bits per heavy atom. The van der Waals surface area contributed by atoms with Crippen LogP contribution in [0.5, 0.6) is 0 Å². The molecule has 0 radical (unpaired) electrons. The van der Waals surface area contributed by atoms with Gasteiger partial charge < -0.3 is 10.0 Å². The van der Waals surface area contributed by atoms with E-state index in [0.29, 0.717) is 5.02 Å². The molecule has 1 aliphatic rings. The number of anilines is 1. The first-order valence-corrected chi connectivity index (χ1v) is 7.19. The summed E-state index contributed by atoms with van der Waals surface area (Å²) in [4.78, 5) is 13.0. The Morgan fingerprint density at radius 2 is 2.05 bits per heavy atom. The van der Waals surface area contributed by atoms with E-state index in [4.69, 9.17) is 16.7 Å². The first-order chi connectivity index (χ1) is 9.08. The Morgan fingerprint density at radius 1 is 1.37 bits per heavy atom. The minimum atomic E-state index is -0.941. The van der Waals surface area contributed by atoms with Gasteiger partial charge in [0.1, 0.15) is 0 Å². The Kier molecular flexibility index (Phi) is 4.70. The number of aromatic carboxylic acids is 1. The third-order valence-electron chi connectivity index (χ3n) is 3.86. The fourth-order valence-electron chi connectivity index (χ4n) is 2.80. The minimum absolute atomic E-state index is 0.236. The third-order valence-corrected chi connectivity index (χ3v) is 4.17. The maximum absolute atomic E-state index is 10.9. The molecule has 1 N–H and O–H groups in total. The van der Waals surface area contributed by atoms with Crippen LogP contribution in [0.15, 0.2) is 18.2 Å². The lowest BCUT2D eigenvalue weighted by molar-refractivity contribution is 0.0697. The van der Waals surface area contributed by atoms with Crippen molar-refractivity contribution in [2.24, 2.45) is 5.92 Å². The molecule has 0 saturated heterocycles. The van der Waals surface area contributed by atoms with Crippen LogP contribution in [0.1, 0.15) is 42.5 Å². The lowest BCUT2D eigenvalue weighted by atomic mass is 9.89. The van der Waals surface area contributed by atoms with E-state index in [9.17, 15) is 4.79 Å². The minimum Gasteiger partial charge on any atom is -0.478 e. The van der Waals surface area contributed by atoms with Crippen molar-refractivity contribution in [3.63, 3.8) is 0 Å². The molecule has 3 nitrogen and oxygen atoms in total. The molecule has 2 rings (SSSR count). The molecule has 0 heterocycles. The lowest BCUT2D eigenvalue weighted by Gasteiger charge is -2.29. The third kappa shape index (κ3) is 3.63. The molecule has 0 unspecified atom stereocenters. The van der Waals surface area contributed by atoms with Gasteiger partial charge in [-0.2, -0.15) is 0 Å². The number of benzene rings is 1. The highest BCUT2D eigenvalue weighted by Crippen LogP contribution is 2.30. The van der Waals surface area contributed by atoms with E-state index in [2.05, 4.69) is 4.90 Å². The van der Waals surface area contributed by atoms with Gasteiger partial charge in [0, 0.05) is 13.6 Å². The van der Waals surface area contributed by atoms with Crippen molar-refractivity contribution in [3.05, 3.63) is 28.8 Å². The van der Waals surface area contributed by atoms with Crippen LogP contribution in [0, 0.1) is 5.92 Å². The molecule has 4 heteroatoms. The topological polar surface area (TPSA) is 40.5 Å². The standard InChI is InChI=1S/C15H20ClNO2/c1-17(10-11-5-3-2-4-6-11)14-8-7-12(15(18)19)9-13(14)16/h7-9,11H,2-6,10H2,1H3,(H,18,19). The van der Waals surface area contributed by atoms with Crippen LogP contribution in [0.2, 0.25) is 5.02 Å². The van der Waals surface area contributed by atoms with Crippen LogP contribution in [0.25, 0.3) is 0 Å². The predicted octanol–water partition coefficient (Wildman–Crippen LogP) is 4.05. The van der Waals surface area contributed by atoms with E-state index in [1.807, 2.05) is 7.05 Å². The smallest absolute Gasteiger partial charge is 0.335 e. The molecule has 1 aromatic rings. The highest BCUT2D eigenvalue weighted by molar-refractivity contribution is 6.33. The zero-order valence-electron chi connectivity index (χ0n) is 11.2. The number of carboxylic acids is 1. The summed E-state index contributed by atoms with van der Waals surface area (Å²) in [6, 6.07) is 4.94. The van der Waals surface area contributed by atoms with Gasteiger partial charge in [0.25, 0.3) is 0 Å². The molecule has 1 saturated carbocycles. The number of nitrogens with zero attached hydrogens (tertiary/aromatic N) is 1. The zero-order valence-corrected chi connectivity index (χ0v) is 12.0. The Labute approximate surface area is 119 Å². The second-order valence-electron chi connectivity index (χ2n) is 5.36. The number of carboxylic acid groups (broad SMARTS) is 1. The van der Waals surface area contributed by atoms with Gasteiger partial charge in [-0.3, -0.25) is 0 Å². The quantitative estimate of drug-likeness (QED) is 0.905. The predicted molar refractivity (Wildman–Crippen MR) is 78.3 cm³/mol. The summed E-state index contributed by atoms with van der Waals surface area (Å²) in [5, 5.41) is 9.44. The Balaban J connectivity index is 2.05. The van der Waals surface area contributed by atoms with E-state index >= 15 is 0 Å². The van der Waals surface area contributed by atoms with Gasteiger partial charge >= 0.3 is 5.97 Å². The van der Waals surface area contributed by atoms with E-state index in [0.717, 1.165) is 18.2 Å². The lowest BCUT2D eigenvalue weighted by Crippen LogP contribution is -2.27. The molecule has 19 heavy (non-hydrogen) atoms. The number of halogens is 1. The maximum Gasteiger partial charge on any atom is 0.335 e. The normalized spacial score (nSPS) is 16.3. The summed E-state index contributed by atoms with van der Waals surface area (Å²) in [6.07, 6.45) is 6.58. The monoisotopic (exact) mass is 281 g/mol. The summed E-state index contributed by atoms with van der Waals surface area (Å²) in [5.74, 6) is -0.211. The molecule has 1 aromatic carbocycles. The van der Waals surface area contributed by atoms with Crippen LogP contribution in [0.4, 0.5) is 5.69 Å². The van der Waals surface area contributed by atoms with Crippen molar-refractivity contribution < 1.29 is 9.90 Å². The van der Waals surface area contributed by atoms with Gasteiger partial charge in [0.2, 0.25) is 0 Å². The van der Waals surface area contributed by atoms with Crippen molar-refractivity contribution in [3.8, 4) is 0 Å². The molecule has 0 aliphatic heterocycles. The molecule has 0 spiro atoms. The molecule has 1 aliphatic carbocycles. The van der Waals surface area contributed by atoms with Crippen LogP contribution >= 0.6 is 11.6 Å². The van der Waals surface area contributed by atoms with Gasteiger partial charge in [-0.1, -0.05) is 30.9 Å². The summed E-state index contributed by atoms with van der Waals surface area (Å²) in [6.45, 7) is 0.992. The maximum atomic E-state index is 10.9. The first-order valence-electron chi connectivity index (χ1n) is 6.82. The molecular weight excluding hydrogens is 262 g/mol. The molecular formula is C15H20ClNO2. The van der Waals surface area contributed by atoms with E-state index in [1.165, 1.54) is 38.2 Å². The second-order valence-corrected chi connectivity index (χ2v) is 5.76. The van der Waals surface area contributed by atoms with Crippen molar-refractivity contribution in [2.75, 3.05) is 18.5 Å². The van der Waals surface area contributed by atoms with Gasteiger partial charge in [0.15, 0.2) is 0 Å². The van der Waals surface area contributed by atoms with E-state index < -0.39 is 5.97 Å². The van der Waals surface area contributed by atoms with E-state index in [-0.39, 0.29) is 5.56 Å². The molecule has 0 atom stereocenters. The van der Waals surface area contributed by atoms with Crippen LogP contribution in [-0.4, -0.2) is 24.7 Å². The van der Waals surface area contributed by atoms with Gasteiger partial charge in [-0.15, -0.1) is 0 Å². The van der Waals surface area contributed by atoms with Crippen molar-refractivity contribution in [1.29, 1.82) is 0 Å². The summed E-state index contributed by atoms with van der Waals surface area (Å²) in [5.41, 5.74) is 1.15. The molecule has 0 aromatic heterocycles. The number of carbonyl (C=O) groups is 1. The fourth-order valence-corrected chi connectivity index (χ4v) is 3.13. The van der Waals surface area contributed by atoms with Crippen molar-refractivity contribution in [2.45, 2.75) is 32.1 Å². The second kappa shape index (κ2) is 6.29. The number of hydrogen-bond donors (Lipinski definition) is 1. The van der Waals surface area contributed by atoms with Crippen molar-refractivity contribution in [1.82, 2.24) is 0 Å². The average molecular weight is 282 g/mol. The molecule has 104 valence electrons. The highest BCUT2D eigenvalue weighted by Gasteiger charge is 2.17. The summed E-state index contributed by atoms with van der Waals surface area (Å²) < 4.78 is 0. The summed E-state index contributed by atoms with van der Waals surface area (Å²) >= 11 is 6.18. The van der Waals surface area contributed by atoms with Crippen LogP contribution in [0.3, 0.4) is 0 Å². The molecule has 0 bridgehead atoms. The number of hydrogen-bond acceptors (Lipinski definition) is 2. The SMILES string of the molecule is CN(CC1CCCCC1)c1ccc(C(=O)O)cc1Cl. The average Bonchev–Trinajstić information content (AvgIpc) is 2.39. The van der Waals surface area contributed by atoms with Crippen molar-refractivity contribution >= 4 is 23.3 Å². The molecule has 0 amide bonds. The zero-order chi connectivity index (χ0) is 13.8. The van der Waals surface area contributed by atoms with Crippen LogP contribution < -0.4 is 4.90 Å². The number of rotatable bonds is 4. The van der Waals surface area contributed by atoms with Gasteiger partial charge in [-0.25, -0.2) is 4.79 Å². The largest absolute Gasteiger partial charge is 0.478 e. The van der Waals surface area contributed by atoms with Gasteiger partial charge in [-0.05, 0) is 37.0 Å². The van der Waals surface area contributed by atoms with Gasteiger partial charge in [0.05, 0.1) is 16.3 Å². The van der Waals surface area contributed by atoms with E-state index in [1.54, 1.807) is 12.1 Å². The molecule has 1 fully saturated rings. The van der Waals surface area contributed by atoms with Crippen LogP contribution in [-0.2, 0) is 0 Å². The highest BCUT2D eigenvalue weighted by atomic mass is 35.5. The Hall–Kier alpha value is -1.22. The first kappa shape index (κ1) is 14.2. The Bertz CT molecular complexity index is 455. The summed E-state index contributed by atoms with van der Waals surface area (Å²) in [7, 11) is 2.02.